The van der Waals surface area contributed by atoms with Gasteiger partial charge in [-0.05, 0) is 6.92 Å². The van der Waals surface area contributed by atoms with Crippen LogP contribution in [0.3, 0.4) is 0 Å². The molecule has 0 atom stereocenters. The van der Waals surface area contributed by atoms with Crippen LogP contribution in [0.15, 0.2) is 11.8 Å². The number of hydrogen-bond donors (Lipinski definition) is 1. The van der Waals surface area contributed by atoms with Gasteiger partial charge in [-0.2, -0.15) is 0 Å². The first-order valence-corrected chi connectivity index (χ1v) is 3.02. The molecular weight excluding hydrogens is 130 g/mol. The Bertz CT molecular complexity index is 182. The molecule has 0 unspecified atom stereocenters. The van der Waals surface area contributed by atoms with Crippen molar-refractivity contribution >= 4 is 11.7 Å². The molecule has 3 nitrogen and oxygen atoms in total. The van der Waals surface area contributed by atoms with Gasteiger partial charge in [-0.3, -0.25) is 9.59 Å². The zero-order valence-electron chi connectivity index (χ0n) is 6.39. The second-order valence-corrected chi connectivity index (χ2v) is 1.94. The zero-order valence-corrected chi connectivity index (χ0v) is 6.39. The molecule has 0 radical (unpaired) electrons. The highest BCUT2D eigenvalue weighted by Gasteiger charge is 2.01. The van der Waals surface area contributed by atoms with Crippen molar-refractivity contribution < 1.29 is 9.59 Å². The number of Topliss-reactive ketones (excluding diaryl/α,β-unsaturated/α-hetero) is 1. The van der Waals surface area contributed by atoms with Crippen LogP contribution in [0.4, 0.5) is 0 Å². The van der Waals surface area contributed by atoms with Gasteiger partial charge in [-0.15, -0.1) is 0 Å². The second-order valence-electron chi connectivity index (χ2n) is 1.94. The number of carbonyl (C=O) groups is 2. The maximum atomic E-state index is 10.6. The van der Waals surface area contributed by atoms with E-state index < -0.39 is 0 Å². The van der Waals surface area contributed by atoms with E-state index >= 15 is 0 Å². The summed E-state index contributed by atoms with van der Waals surface area (Å²) in [6.45, 7) is 4.48. The number of rotatable bonds is 2. The van der Waals surface area contributed by atoms with Crippen molar-refractivity contribution in [2.24, 2.45) is 0 Å². The van der Waals surface area contributed by atoms with Gasteiger partial charge in [0.15, 0.2) is 5.78 Å². The lowest BCUT2D eigenvalue weighted by atomic mass is 10.3. The average Bonchev–Trinajstić information content (AvgIpc) is 1.81. The van der Waals surface area contributed by atoms with Crippen LogP contribution in [-0.4, -0.2) is 11.7 Å². The van der Waals surface area contributed by atoms with E-state index in [2.05, 4.69) is 5.32 Å². The molecule has 0 saturated carbocycles. The molecule has 1 amide bonds. The van der Waals surface area contributed by atoms with Crippen molar-refractivity contribution in [1.29, 1.82) is 0 Å². The highest BCUT2D eigenvalue weighted by atomic mass is 16.2. The Morgan fingerprint density at radius 2 is 1.80 bits per heavy atom. The molecule has 0 aromatic carbocycles. The summed E-state index contributed by atoms with van der Waals surface area (Å²) in [5.74, 6) is -0.346. The molecule has 0 rings (SSSR count). The van der Waals surface area contributed by atoms with Gasteiger partial charge >= 0.3 is 0 Å². The number of ketones is 1. The number of allylic oxidation sites excluding steroid dienone is 2. The Labute approximate surface area is 60.1 Å². The SMILES string of the molecule is C/C=C(\NC(C)=O)C(C)=O. The van der Waals surface area contributed by atoms with Gasteiger partial charge in [0.25, 0.3) is 0 Å². The smallest absolute Gasteiger partial charge is 0.221 e. The van der Waals surface area contributed by atoms with Crippen LogP contribution in [0.2, 0.25) is 0 Å². The summed E-state index contributed by atoms with van der Waals surface area (Å²) in [6.07, 6.45) is 1.57. The first-order valence-electron chi connectivity index (χ1n) is 3.02. The third-order valence-corrected chi connectivity index (χ3v) is 0.979. The molecule has 56 valence electrons. The van der Waals surface area contributed by atoms with Crippen molar-refractivity contribution in [2.75, 3.05) is 0 Å². The highest BCUT2D eigenvalue weighted by molar-refractivity contribution is 5.96. The van der Waals surface area contributed by atoms with Crippen molar-refractivity contribution in [3.8, 4) is 0 Å². The fraction of sp³-hybridized carbons (Fsp3) is 0.429. The normalized spacial score (nSPS) is 10.9. The quantitative estimate of drug-likeness (QED) is 0.573. The van der Waals surface area contributed by atoms with Crippen LogP contribution in [0.1, 0.15) is 20.8 Å². The molecule has 0 saturated heterocycles. The minimum Gasteiger partial charge on any atom is -0.324 e. The van der Waals surface area contributed by atoms with E-state index in [0.29, 0.717) is 5.70 Å². The van der Waals surface area contributed by atoms with Crippen LogP contribution in [0, 0.1) is 0 Å². The summed E-state index contributed by atoms with van der Waals surface area (Å²) in [5.41, 5.74) is 0.354. The molecule has 1 N–H and O–H groups in total. The van der Waals surface area contributed by atoms with Gasteiger partial charge in [-0.1, -0.05) is 6.08 Å². The monoisotopic (exact) mass is 141 g/mol. The lowest BCUT2D eigenvalue weighted by Gasteiger charge is -2.00. The molecule has 0 aliphatic heterocycles. The summed E-state index contributed by atoms with van der Waals surface area (Å²) in [7, 11) is 0. The summed E-state index contributed by atoms with van der Waals surface area (Å²) in [4.78, 5) is 21.0. The average molecular weight is 141 g/mol. The third kappa shape index (κ3) is 3.02. The molecule has 0 bridgehead atoms. The van der Waals surface area contributed by atoms with E-state index in [1.54, 1.807) is 13.0 Å². The number of nitrogens with one attached hydrogen (secondary N) is 1. The summed E-state index contributed by atoms with van der Waals surface area (Å²) < 4.78 is 0. The first kappa shape index (κ1) is 8.88. The van der Waals surface area contributed by atoms with Crippen molar-refractivity contribution in [1.82, 2.24) is 5.32 Å². The van der Waals surface area contributed by atoms with Crippen LogP contribution >= 0.6 is 0 Å². The number of carbonyl (C=O) groups excluding carboxylic acids is 2. The van der Waals surface area contributed by atoms with E-state index in [-0.39, 0.29) is 11.7 Å². The molecule has 10 heavy (non-hydrogen) atoms. The van der Waals surface area contributed by atoms with Crippen LogP contribution < -0.4 is 5.32 Å². The molecule has 0 aliphatic rings. The van der Waals surface area contributed by atoms with E-state index in [9.17, 15) is 9.59 Å². The summed E-state index contributed by atoms with van der Waals surface area (Å²) in [6, 6.07) is 0. The Morgan fingerprint density at radius 1 is 1.30 bits per heavy atom. The predicted molar refractivity (Wildman–Crippen MR) is 38.3 cm³/mol. The van der Waals surface area contributed by atoms with Crippen molar-refractivity contribution in [3.63, 3.8) is 0 Å². The first-order chi connectivity index (χ1) is 4.57. The highest BCUT2D eigenvalue weighted by Crippen LogP contribution is 1.89. The van der Waals surface area contributed by atoms with E-state index in [0.717, 1.165) is 0 Å². The maximum Gasteiger partial charge on any atom is 0.221 e. The van der Waals surface area contributed by atoms with Gasteiger partial charge in [-0.25, -0.2) is 0 Å². The van der Waals surface area contributed by atoms with E-state index in [1.165, 1.54) is 13.8 Å². The van der Waals surface area contributed by atoms with Crippen LogP contribution in [0.5, 0.6) is 0 Å². The van der Waals surface area contributed by atoms with Crippen molar-refractivity contribution in [2.45, 2.75) is 20.8 Å². The summed E-state index contributed by atoms with van der Waals surface area (Å²) in [5, 5.41) is 2.40. The standard InChI is InChI=1S/C7H11NO2/c1-4-7(5(2)9)8-6(3)10/h4H,1-3H3,(H,8,10)/b7-4-. The lowest BCUT2D eigenvalue weighted by Crippen LogP contribution is -2.23. The lowest BCUT2D eigenvalue weighted by molar-refractivity contribution is -0.121. The molecule has 3 heteroatoms. The fourth-order valence-corrected chi connectivity index (χ4v) is 0.553. The summed E-state index contributed by atoms with van der Waals surface area (Å²) >= 11 is 0. The molecule has 0 heterocycles. The zero-order chi connectivity index (χ0) is 8.15. The maximum absolute atomic E-state index is 10.6. The molecule has 0 aromatic heterocycles. The Hall–Kier alpha value is -1.12. The van der Waals surface area contributed by atoms with Gasteiger partial charge in [0.05, 0.1) is 5.70 Å². The third-order valence-electron chi connectivity index (χ3n) is 0.979. The predicted octanol–water partition coefficient (Wildman–Crippen LogP) is 0.615. The van der Waals surface area contributed by atoms with E-state index in [1.807, 2.05) is 0 Å². The van der Waals surface area contributed by atoms with E-state index in [4.69, 9.17) is 0 Å². The minimum absolute atomic E-state index is 0.127. The second kappa shape index (κ2) is 3.82. The van der Waals surface area contributed by atoms with Crippen LogP contribution in [-0.2, 0) is 9.59 Å². The number of amides is 1. The van der Waals surface area contributed by atoms with Gasteiger partial charge in [0.1, 0.15) is 0 Å². The topological polar surface area (TPSA) is 46.2 Å². The molecule has 0 aromatic rings. The van der Waals surface area contributed by atoms with Gasteiger partial charge in [0, 0.05) is 13.8 Å². The molecular formula is C7H11NO2. The van der Waals surface area contributed by atoms with Gasteiger partial charge in [0.2, 0.25) is 5.91 Å². The fourth-order valence-electron chi connectivity index (χ4n) is 0.553. The van der Waals surface area contributed by atoms with Gasteiger partial charge < -0.3 is 5.32 Å². The van der Waals surface area contributed by atoms with Crippen LogP contribution in [0.25, 0.3) is 0 Å². The molecule has 0 spiro atoms. The van der Waals surface area contributed by atoms with Crippen molar-refractivity contribution in [3.05, 3.63) is 11.8 Å². The molecule has 0 fully saturated rings. The largest absolute Gasteiger partial charge is 0.324 e. The molecule has 0 aliphatic carbocycles. The number of hydrogen-bond acceptors (Lipinski definition) is 2. The minimum atomic E-state index is -0.219. The Kier molecular flexibility index (Phi) is 3.39. The Balaban J connectivity index is 4.12. The Morgan fingerprint density at radius 3 is 1.90 bits per heavy atom.